The molecule has 1 aliphatic rings. The van der Waals surface area contributed by atoms with Gasteiger partial charge in [0.1, 0.15) is 11.9 Å². The molecular formula is C18H20N2O4. The van der Waals surface area contributed by atoms with Crippen molar-refractivity contribution in [3.05, 3.63) is 59.9 Å². The number of aliphatic hydroxyl groups is 2. The molecule has 6 heteroatoms. The fraction of sp³-hybridized carbons (Fsp3) is 0.333. The van der Waals surface area contributed by atoms with Gasteiger partial charge in [-0.2, -0.15) is 0 Å². The van der Waals surface area contributed by atoms with E-state index in [4.69, 9.17) is 4.74 Å². The van der Waals surface area contributed by atoms with Gasteiger partial charge in [0.2, 0.25) is 0 Å². The van der Waals surface area contributed by atoms with E-state index in [1.807, 2.05) is 6.07 Å². The SMILES string of the molecule is COc1cccc(C(=O)N[C@H]2[C@H](O)[C@H](O)C[C@@H]2c2cccnc2)c1. The van der Waals surface area contributed by atoms with Crippen LogP contribution in [0.25, 0.3) is 0 Å². The van der Waals surface area contributed by atoms with Crippen molar-refractivity contribution in [2.45, 2.75) is 30.6 Å². The second-order valence-electron chi connectivity index (χ2n) is 5.92. The number of aromatic nitrogens is 1. The van der Waals surface area contributed by atoms with Gasteiger partial charge in [0.15, 0.2) is 0 Å². The maximum atomic E-state index is 12.5. The van der Waals surface area contributed by atoms with Crippen LogP contribution in [-0.4, -0.2) is 46.5 Å². The smallest absolute Gasteiger partial charge is 0.251 e. The number of carbonyl (C=O) groups is 1. The first kappa shape index (κ1) is 16.4. The highest BCUT2D eigenvalue weighted by atomic mass is 16.5. The summed E-state index contributed by atoms with van der Waals surface area (Å²) in [6.45, 7) is 0. The number of aliphatic hydroxyl groups excluding tert-OH is 2. The first-order chi connectivity index (χ1) is 11.6. The number of nitrogens with one attached hydrogen (secondary N) is 1. The monoisotopic (exact) mass is 328 g/mol. The first-order valence-corrected chi connectivity index (χ1v) is 7.81. The number of carbonyl (C=O) groups excluding carboxylic acids is 1. The molecule has 0 radical (unpaired) electrons. The maximum Gasteiger partial charge on any atom is 0.251 e. The van der Waals surface area contributed by atoms with Crippen LogP contribution < -0.4 is 10.1 Å². The van der Waals surface area contributed by atoms with Crippen molar-refractivity contribution in [2.75, 3.05) is 7.11 Å². The van der Waals surface area contributed by atoms with Crippen molar-refractivity contribution in [3.8, 4) is 5.75 Å². The van der Waals surface area contributed by atoms with Crippen LogP contribution in [-0.2, 0) is 0 Å². The van der Waals surface area contributed by atoms with E-state index in [1.54, 1.807) is 42.7 Å². The molecule has 1 fully saturated rings. The molecule has 1 heterocycles. The second kappa shape index (κ2) is 6.98. The molecule has 24 heavy (non-hydrogen) atoms. The largest absolute Gasteiger partial charge is 0.497 e. The minimum absolute atomic E-state index is 0.196. The summed E-state index contributed by atoms with van der Waals surface area (Å²) in [5.41, 5.74) is 1.32. The number of rotatable bonds is 4. The molecule has 0 aliphatic heterocycles. The van der Waals surface area contributed by atoms with Crippen LogP contribution in [0.15, 0.2) is 48.8 Å². The van der Waals surface area contributed by atoms with Gasteiger partial charge in [0.05, 0.1) is 19.3 Å². The Morgan fingerprint density at radius 3 is 2.83 bits per heavy atom. The molecule has 3 rings (SSSR count). The average Bonchev–Trinajstić information content (AvgIpc) is 2.91. The fourth-order valence-corrected chi connectivity index (χ4v) is 3.15. The summed E-state index contributed by atoms with van der Waals surface area (Å²) in [6.07, 6.45) is 1.82. The van der Waals surface area contributed by atoms with E-state index < -0.39 is 18.2 Å². The molecular weight excluding hydrogens is 308 g/mol. The summed E-state index contributed by atoms with van der Waals surface area (Å²) in [5.74, 6) is 0.0673. The Morgan fingerprint density at radius 1 is 1.29 bits per heavy atom. The number of amides is 1. The number of benzene rings is 1. The predicted octanol–water partition coefficient (Wildman–Crippen LogP) is 1.10. The lowest BCUT2D eigenvalue weighted by Gasteiger charge is -2.23. The zero-order valence-electron chi connectivity index (χ0n) is 13.3. The molecule has 126 valence electrons. The molecule has 0 unspecified atom stereocenters. The second-order valence-corrected chi connectivity index (χ2v) is 5.92. The number of nitrogens with zero attached hydrogens (tertiary/aromatic N) is 1. The molecule has 1 aliphatic carbocycles. The highest BCUT2D eigenvalue weighted by Crippen LogP contribution is 2.35. The van der Waals surface area contributed by atoms with E-state index in [-0.39, 0.29) is 11.8 Å². The Bertz CT molecular complexity index is 707. The lowest BCUT2D eigenvalue weighted by Crippen LogP contribution is -2.45. The lowest BCUT2D eigenvalue weighted by molar-refractivity contribution is 0.0294. The Kier molecular flexibility index (Phi) is 4.78. The van der Waals surface area contributed by atoms with E-state index in [9.17, 15) is 15.0 Å². The highest BCUT2D eigenvalue weighted by molar-refractivity contribution is 5.94. The third-order valence-electron chi connectivity index (χ3n) is 4.43. The molecule has 1 amide bonds. The lowest BCUT2D eigenvalue weighted by atomic mass is 9.94. The maximum absolute atomic E-state index is 12.5. The average molecular weight is 328 g/mol. The third kappa shape index (κ3) is 3.25. The van der Waals surface area contributed by atoms with Crippen LogP contribution >= 0.6 is 0 Å². The zero-order chi connectivity index (χ0) is 17.1. The summed E-state index contributed by atoms with van der Waals surface area (Å²) >= 11 is 0. The molecule has 0 bridgehead atoms. The van der Waals surface area contributed by atoms with Gasteiger partial charge in [-0.05, 0) is 36.2 Å². The Hall–Kier alpha value is -2.44. The first-order valence-electron chi connectivity index (χ1n) is 7.81. The molecule has 1 aromatic heterocycles. The molecule has 0 saturated heterocycles. The number of hydrogen-bond acceptors (Lipinski definition) is 5. The fourth-order valence-electron chi connectivity index (χ4n) is 3.15. The quantitative estimate of drug-likeness (QED) is 0.782. The van der Waals surface area contributed by atoms with Gasteiger partial charge in [-0.25, -0.2) is 0 Å². The van der Waals surface area contributed by atoms with Crippen LogP contribution in [0.1, 0.15) is 28.3 Å². The highest BCUT2D eigenvalue weighted by Gasteiger charge is 2.43. The summed E-state index contributed by atoms with van der Waals surface area (Å²) in [5, 5.41) is 23.1. The number of methoxy groups -OCH3 is 1. The van der Waals surface area contributed by atoms with Crippen LogP contribution in [0.2, 0.25) is 0 Å². The molecule has 0 spiro atoms. The van der Waals surface area contributed by atoms with Gasteiger partial charge in [0.25, 0.3) is 5.91 Å². The topological polar surface area (TPSA) is 91.7 Å². The van der Waals surface area contributed by atoms with Gasteiger partial charge >= 0.3 is 0 Å². The summed E-state index contributed by atoms with van der Waals surface area (Å²) in [7, 11) is 1.53. The van der Waals surface area contributed by atoms with Crippen LogP contribution in [0.4, 0.5) is 0 Å². The standard InChI is InChI=1S/C18H20N2O4/c1-24-13-6-2-4-11(8-13)18(23)20-16-14(9-15(21)17(16)22)12-5-3-7-19-10-12/h2-8,10,14-17,21-22H,9H2,1H3,(H,20,23)/t14-,15-,16-,17-/m1/s1. The van der Waals surface area contributed by atoms with Gasteiger partial charge in [-0.3, -0.25) is 9.78 Å². The van der Waals surface area contributed by atoms with Crippen molar-refractivity contribution in [2.24, 2.45) is 0 Å². The van der Waals surface area contributed by atoms with E-state index in [1.165, 1.54) is 7.11 Å². The van der Waals surface area contributed by atoms with Gasteiger partial charge < -0.3 is 20.3 Å². The van der Waals surface area contributed by atoms with E-state index in [0.29, 0.717) is 17.7 Å². The van der Waals surface area contributed by atoms with Gasteiger partial charge in [0, 0.05) is 23.9 Å². The van der Waals surface area contributed by atoms with Crippen molar-refractivity contribution in [1.82, 2.24) is 10.3 Å². The van der Waals surface area contributed by atoms with Crippen LogP contribution in [0.3, 0.4) is 0 Å². The van der Waals surface area contributed by atoms with Gasteiger partial charge in [-0.15, -0.1) is 0 Å². The Labute approximate surface area is 140 Å². The third-order valence-corrected chi connectivity index (χ3v) is 4.43. The summed E-state index contributed by atoms with van der Waals surface area (Å²) in [4.78, 5) is 16.6. The summed E-state index contributed by atoms with van der Waals surface area (Å²) in [6, 6.07) is 9.89. The molecule has 3 N–H and O–H groups in total. The van der Waals surface area contributed by atoms with Crippen LogP contribution in [0.5, 0.6) is 5.75 Å². The predicted molar refractivity (Wildman–Crippen MR) is 87.9 cm³/mol. The van der Waals surface area contributed by atoms with Gasteiger partial charge in [-0.1, -0.05) is 12.1 Å². The normalized spacial score (nSPS) is 26.1. The zero-order valence-corrected chi connectivity index (χ0v) is 13.3. The molecule has 1 aromatic carbocycles. The van der Waals surface area contributed by atoms with Crippen molar-refractivity contribution < 1.29 is 19.7 Å². The van der Waals surface area contributed by atoms with E-state index in [2.05, 4.69) is 10.3 Å². The molecule has 2 aromatic rings. The number of hydrogen-bond donors (Lipinski definition) is 3. The van der Waals surface area contributed by atoms with E-state index in [0.717, 1.165) is 5.56 Å². The molecule has 1 saturated carbocycles. The van der Waals surface area contributed by atoms with Crippen molar-refractivity contribution >= 4 is 5.91 Å². The number of pyridine rings is 1. The molecule has 6 nitrogen and oxygen atoms in total. The van der Waals surface area contributed by atoms with E-state index >= 15 is 0 Å². The van der Waals surface area contributed by atoms with Crippen molar-refractivity contribution in [1.29, 1.82) is 0 Å². The summed E-state index contributed by atoms with van der Waals surface area (Å²) < 4.78 is 5.13. The minimum atomic E-state index is -1.02. The molecule has 4 atom stereocenters. The van der Waals surface area contributed by atoms with Crippen molar-refractivity contribution in [3.63, 3.8) is 0 Å². The Morgan fingerprint density at radius 2 is 2.12 bits per heavy atom. The Balaban J connectivity index is 1.81. The van der Waals surface area contributed by atoms with Crippen LogP contribution in [0, 0.1) is 0 Å². The minimum Gasteiger partial charge on any atom is -0.497 e. The number of ether oxygens (including phenoxy) is 1.